The molecule has 0 radical (unpaired) electrons. The fourth-order valence-electron chi connectivity index (χ4n) is 1.83. The summed E-state index contributed by atoms with van der Waals surface area (Å²) in [4.78, 5) is 16.9. The Kier molecular flexibility index (Phi) is 7.37. The summed E-state index contributed by atoms with van der Waals surface area (Å²) in [6.45, 7) is 0.336. The van der Waals surface area contributed by atoms with Gasteiger partial charge < -0.3 is 9.57 Å². The average molecular weight is 387 g/mol. The molecule has 0 fully saturated rings. The maximum atomic E-state index is 11.8. The number of esters is 1. The van der Waals surface area contributed by atoms with Gasteiger partial charge in [-0.25, -0.2) is 0 Å². The second-order valence-electron chi connectivity index (χ2n) is 4.73. The number of benzene rings is 2. The Morgan fingerprint density at radius 1 is 1.04 bits per heavy atom. The van der Waals surface area contributed by atoms with Crippen LogP contribution in [0.25, 0.3) is 0 Å². The Hall–Kier alpha value is -1.75. The first kappa shape index (κ1) is 18.6. The van der Waals surface area contributed by atoms with Crippen molar-refractivity contribution in [1.82, 2.24) is 0 Å². The maximum Gasteiger partial charge on any atom is 0.310 e. The van der Waals surface area contributed by atoms with Crippen molar-refractivity contribution >= 4 is 47.0 Å². The number of carbonyl (C=O) groups is 1. The molecule has 0 aliphatic heterocycles. The summed E-state index contributed by atoms with van der Waals surface area (Å²) in [5.74, 6) is -0.490. The molecule has 0 unspecified atom stereocenters. The summed E-state index contributed by atoms with van der Waals surface area (Å²) in [5, 5.41) is 4.67. The van der Waals surface area contributed by atoms with E-state index in [0.717, 1.165) is 5.56 Å². The molecule has 0 aromatic heterocycles. The number of hydrogen-bond acceptors (Lipinski definition) is 4. The molecule has 2 aromatic rings. The van der Waals surface area contributed by atoms with E-state index in [1.165, 1.54) is 6.21 Å². The lowest BCUT2D eigenvalue weighted by Gasteiger charge is -2.07. The molecule has 126 valence electrons. The predicted molar refractivity (Wildman–Crippen MR) is 95.9 cm³/mol. The number of halogens is 3. The highest BCUT2D eigenvalue weighted by molar-refractivity contribution is 6.44. The van der Waals surface area contributed by atoms with Gasteiger partial charge in [-0.05, 0) is 17.7 Å². The van der Waals surface area contributed by atoms with E-state index >= 15 is 0 Å². The quantitative estimate of drug-likeness (QED) is 0.293. The Bertz CT molecular complexity index is 721. The summed E-state index contributed by atoms with van der Waals surface area (Å²) in [6, 6.07) is 12.7. The smallest absolute Gasteiger partial charge is 0.310 e. The van der Waals surface area contributed by atoms with E-state index in [1.54, 1.807) is 12.1 Å². The Labute approximate surface area is 154 Å². The minimum atomic E-state index is -0.490. The lowest BCUT2D eigenvalue weighted by Crippen LogP contribution is -2.10. The van der Waals surface area contributed by atoms with E-state index in [4.69, 9.17) is 44.4 Å². The number of ether oxygens (including phenoxy) is 1. The highest BCUT2D eigenvalue weighted by Crippen LogP contribution is 2.31. The van der Waals surface area contributed by atoms with Crippen LogP contribution in [-0.4, -0.2) is 18.8 Å². The average Bonchev–Trinajstić information content (AvgIpc) is 2.59. The van der Waals surface area contributed by atoms with Crippen LogP contribution in [0.3, 0.4) is 0 Å². The molecular weight excluding hydrogens is 373 g/mol. The standard InChI is InChI=1S/C17H14Cl3NO3/c18-14-6-7-15(19)17(20)13(14)10-16(22)23-9-8-21-24-11-12-4-2-1-3-5-12/h1-8H,9-11H2/b21-8+. The third kappa shape index (κ3) is 5.71. The molecule has 0 aliphatic rings. The minimum absolute atomic E-state index is 0.0105. The first-order valence-electron chi connectivity index (χ1n) is 7.03. The van der Waals surface area contributed by atoms with Crippen LogP contribution in [0.1, 0.15) is 11.1 Å². The van der Waals surface area contributed by atoms with Crippen molar-refractivity contribution in [2.45, 2.75) is 13.0 Å². The molecule has 7 heteroatoms. The van der Waals surface area contributed by atoms with Crippen LogP contribution in [0.2, 0.25) is 15.1 Å². The predicted octanol–water partition coefficient (Wildman–Crippen LogP) is 4.94. The van der Waals surface area contributed by atoms with Crippen molar-refractivity contribution in [1.29, 1.82) is 0 Å². The molecule has 2 rings (SSSR count). The zero-order valence-corrected chi connectivity index (χ0v) is 14.8. The fourth-order valence-corrected chi connectivity index (χ4v) is 2.51. The molecular formula is C17H14Cl3NO3. The number of nitrogens with zero attached hydrogens (tertiary/aromatic N) is 1. The monoisotopic (exact) mass is 385 g/mol. The number of oxime groups is 1. The highest BCUT2D eigenvalue weighted by Gasteiger charge is 2.14. The topological polar surface area (TPSA) is 47.9 Å². The van der Waals surface area contributed by atoms with Gasteiger partial charge in [-0.1, -0.05) is 70.3 Å². The molecule has 0 N–H and O–H groups in total. The van der Waals surface area contributed by atoms with E-state index in [0.29, 0.717) is 22.2 Å². The van der Waals surface area contributed by atoms with Crippen LogP contribution < -0.4 is 0 Å². The number of rotatable bonds is 7. The van der Waals surface area contributed by atoms with Gasteiger partial charge in [0.25, 0.3) is 0 Å². The largest absolute Gasteiger partial charge is 0.459 e. The molecule has 4 nitrogen and oxygen atoms in total. The van der Waals surface area contributed by atoms with E-state index in [-0.39, 0.29) is 18.1 Å². The lowest BCUT2D eigenvalue weighted by atomic mass is 10.1. The van der Waals surface area contributed by atoms with Gasteiger partial charge in [0.1, 0.15) is 13.2 Å². The number of hydrogen-bond donors (Lipinski definition) is 0. The second-order valence-corrected chi connectivity index (χ2v) is 5.92. The summed E-state index contributed by atoms with van der Waals surface area (Å²) in [7, 11) is 0. The second kappa shape index (κ2) is 9.52. The zero-order chi connectivity index (χ0) is 17.4. The van der Waals surface area contributed by atoms with Crippen LogP contribution in [-0.2, 0) is 27.4 Å². The third-order valence-electron chi connectivity index (χ3n) is 3.00. The van der Waals surface area contributed by atoms with Crippen molar-refractivity contribution in [3.63, 3.8) is 0 Å². The molecule has 0 amide bonds. The van der Waals surface area contributed by atoms with E-state index < -0.39 is 5.97 Å². The fraction of sp³-hybridized carbons (Fsp3) is 0.176. The van der Waals surface area contributed by atoms with Gasteiger partial charge >= 0.3 is 5.97 Å². The van der Waals surface area contributed by atoms with Crippen molar-refractivity contribution in [3.05, 3.63) is 68.7 Å². The van der Waals surface area contributed by atoms with Crippen molar-refractivity contribution in [3.8, 4) is 0 Å². The molecule has 2 aromatic carbocycles. The molecule has 0 aliphatic carbocycles. The zero-order valence-electron chi connectivity index (χ0n) is 12.5. The van der Waals surface area contributed by atoms with Gasteiger partial charge in [-0.3, -0.25) is 4.79 Å². The number of carbonyl (C=O) groups excluding carboxylic acids is 1. The Morgan fingerprint density at radius 2 is 1.75 bits per heavy atom. The first-order chi connectivity index (χ1) is 11.6. The molecule has 24 heavy (non-hydrogen) atoms. The molecule has 0 saturated heterocycles. The highest BCUT2D eigenvalue weighted by atomic mass is 35.5. The first-order valence-corrected chi connectivity index (χ1v) is 8.17. The Balaban J connectivity index is 1.74. The van der Waals surface area contributed by atoms with Crippen molar-refractivity contribution in [2.24, 2.45) is 5.16 Å². The van der Waals surface area contributed by atoms with Crippen molar-refractivity contribution in [2.75, 3.05) is 6.61 Å². The normalized spacial score (nSPS) is 10.8. The van der Waals surface area contributed by atoms with Crippen LogP contribution >= 0.6 is 34.8 Å². The molecule has 0 bridgehead atoms. The molecule has 0 saturated carbocycles. The molecule has 0 atom stereocenters. The van der Waals surface area contributed by atoms with E-state index in [9.17, 15) is 4.79 Å². The molecule has 0 heterocycles. The van der Waals surface area contributed by atoms with Crippen LogP contribution in [0.5, 0.6) is 0 Å². The van der Waals surface area contributed by atoms with Crippen LogP contribution in [0.4, 0.5) is 0 Å². The summed E-state index contributed by atoms with van der Waals surface area (Å²) >= 11 is 17.9. The third-order valence-corrected chi connectivity index (χ3v) is 4.20. The summed E-state index contributed by atoms with van der Waals surface area (Å²) in [6.07, 6.45) is 1.29. The molecule has 0 spiro atoms. The van der Waals surface area contributed by atoms with Gasteiger partial charge in [0.15, 0.2) is 0 Å². The Morgan fingerprint density at radius 3 is 2.50 bits per heavy atom. The SMILES string of the molecule is O=C(Cc1c(Cl)ccc(Cl)c1Cl)OC/C=N/OCc1ccccc1. The van der Waals surface area contributed by atoms with Gasteiger partial charge in [0.05, 0.1) is 22.7 Å². The van der Waals surface area contributed by atoms with Gasteiger partial charge in [-0.15, -0.1) is 0 Å². The van der Waals surface area contributed by atoms with Crippen LogP contribution in [0, 0.1) is 0 Å². The van der Waals surface area contributed by atoms with E-state index in [1.807, 2.05) is 30.3 Å². The van der Waals surface area contributed by atoms with Crippen molar-refractivity contribution < 1.29 is 14.4 Å². The van der Waals surface area contributed by atoms with E-state index in [2.05, 4.69) is 5.16 Å². The maximum absolute atomic E-state index is 11.8. The minimum Gasteiger partial charge on any atom is -0.459 e. The van der Waals surface area contributed by atoms with Gasteiger partial charge in [0.2, 0.25) is 0 Å². The summed E-state index contributed by atoms with van der Waals surface area (Å²) in [5.41, 5.74) is 1.44. The van der Waals surface area contributed by atoms with Crippen LogP contribution in [0.15, 0.2) is 47.6 Å². The van der Waals surface area contributed by atoms with Gasteiger partial charge in [-0.2, -0.15) is 0 Å². The summed E-state index contributed by atoms with van der Waals surface area (Å²) < 4.78 is 5.02. The van der Waals surface area contributed by atoms with Gasteiger partial charge in [0, 0.05) is 10.6 Å². The lowest BCUT2D eigenvalue weighted by molar-refractivity contribution is -0.141.